The monoisotopic (exact) mass is 506 g/mol. The first-order valence-electron chi connectivity index (χ1n) is 14.8. The fourth-order valence-corrected chi connectivity index (χ4v) is 8.29. The molecular weight excluding hydrogens is 480 g/mol. The number of hydrogen-bond acceptors (Lipinski definition) is 0. The normalized spacial score (nSPS) is 18.9. The molecule has 0 aliphatic heterocycles. The molecule has 10 rings (SSSR count). The standard InChI is InChI=1S/C40H26/c1-3-9-25-21-37-33-17-15-27(29-11-5-13-31(39(29)33)35(37)19-23(25)7-1)28-16-18-34-38-22-26-10-4-2-8-24(26)20-36(38)32-14-6-12-30(28)40(32)34/h1,3,5,7,9,11,13-18,20-23H,2,4,8,10,19H2. The molecule has 186 valence electrons. The van der Waals surface area contributed by atoms with Crippen LogP contribution in [0, 0.1) is 18.1 Å². The van der Waals surface area contributed by atoms with Gasteiger partial charge < -0.3 is 0 Å². The molecule has 0 N–H and O–H groups in total. The van der Waals surface area contributed by atoms with Crippen molar-refractivity contribution < 1.29 is 0 Å². The third-order valence-electron chi connectivity index (χ3n) is 10.1. The highest BCUT2D eigenvalue weighted by Gasteiger charge is 2.31. The van der Waals surface area contributed by atoms with E-state index in [9.17, 15) is 0 Å². The summed E-state index contributed by atoms with van der Waals surface area (Å²) in [4.78, 5) is 0. The van der Waals surface area contributed by atoms with E-state index in [1.54, 1.807) is 11.1 Å². The van der Waals surface area contributed by atoms with E-state index in [0.29, 0.717) is 5.92 Å². The number of allylic oxidation sites excluding steroid dienone is 8. The Bertz CT molecular complexity index is 2080. The SMILES string of the molecule is c1cc2c3c(ccc(-c4ccc5c6c(cccc46)C4=C5C=C5C=CC=CC5C4)c3c#1)-c1cc3c(cc1-2)CCCC3. The van der Waals surface area contributed by atoms with Crippen molar-refractivity contribution in [2.24, 2.45) is 5.92 Å². The Hall–Kier alpha value is -4.60. The minimum Gasteiger partial charge on any atom is -0.0767 e. The maximum absolute atomic E-state index is 3.58. The van der Waals surface area contributed by atoms with Crippen LogP contribution in [-0.2, 0) is 12.8 Å². The lowest BCUT2D eigenvalue weighted by Crippen LogP contribution is -2.07. The van der Waals surface area contributed by atoms with Crippen molar-refractivity contribution in [2.75, 3.05) is 0 Å². The number of benzene rings is 4. The summed E-state index contributed by atoms with van der Waals surface area (Å²) in [5.41, 5.74) is 18.3. The summed E-state index contributed by atoms with van der Waals surface area (Å²) in [6, 6.07) is 30.5. The van der Waals surface area contributed by atoms with Crippen LogP contribution in [-0.4, -0.2) is 0 Å². The minimum absolute atomic E-state index is 0.488. The fourth-order valence-electron chi connectivity index (χ4n) is 8.29. The topological polar surface area (TPSA) is 0 Å². The molecule has 40 heavy (non-hydrogen) atoms. The van der Waals surface area contributed by atoms with Crippen LogP contribution in [0.3, 0.4) is 0 Å². The van der Waals surface area contributed by atoms with Gasteiger partial charge in [-0.15, -0.1) is 0 Å². The van der Waals surface area contributed by atoms with Crippen molar-refractivity contribution in [3.63, 3.8) is 0 Å². The van der Waals surface area contributed by atoms with Gasteiger partial charge in [0.1, 0.15) is 0 Å². The van der Waals surface area contributed by atoms with Crippen molar-refractivity contribution in [1.82, 2.24) is 0 Å². The maximum atomic E-state index is 3.58. The molecule has 0 fully saturated rings. The zero-order valence-corrected chi connectivity index (χ0v) is 22.3. The summed E-state index contributed by atoms with van der Waals surface area (Å²) in [5, 5.41) is 5.30. The Balaban J connectivity index is 1.19. The molecule has 0 saturated heterocycles. The first-order chi connectivity index (χ1) is 19.8. The maximum Gasteiger partial charge on any atom is 0.0412 e. The predicted molar refractivity (Wildman–Crippen MR) is 167 cm³/mol. The Morgan fingerprint density at radius 3 is 2.38 bits per heavy atom. The van der Waals surface area contributed by atoms with E-state index in [0.717, 1.165) is 6.42 Å². The van der Waals surface area contributed by atoms with E-state index in [2.05, 4.69) is 103 Å². The molecule has 5 aliphatic carbocycles. The van der Waals surface area contributed by atoms with Gasteiger partial charge in [-0.25, -0.2) is 0 Å². The molecule has 0 saturated carbocycles. The Morgan fingerprint density at radius 2 is 1.48 bits per heavy atom. The molecule has 5 aromatic carbocycles. The summed E-state index contributed by atoms with van der Waals surface area (Å²) in [6.45, 7) is 0. The molecule has 0 aromatic heterocycles. The lowest BCUT2D eigenvalue weighted by molar-refractivity contribution is 0.686. The summed E-state index contributed by atoms with van der Waals surface area (Å²) < 4.78 is 0. The van der Waals surface area contributed by atoms with E-state index in [4.69, 9.17) is 0 Å². The predicted octanol–water partition coefficient (Wildman–Crippen LogP) is 10.1. The van der Waals surface area contributed by atoms with Gasteiger partial charge in [-0.1, -0.05) is 97.1 Å². The fraction of sp³-hybridized carbons (Fsp3) is 0.150. The third-order valence-corrected chi connectivity index (χ3v) is 10.1. The van der Waals surface area contributed by atoms with E-state index in [1.165, 1.54) is 108 Å². The molecule has 0 heteroatoms. The number of aryl methyl sites for hydroxylation is 2. The van der Waals surface area contributed by atoms with Crippen molar-refractivity contribution in [2.45, 2.75) is 32.1 Å². The van der Waals surface area contributed by atoms with E-state index in [-0.39, 0.29) is 0 Å². The van der Waals surface area contributed by atoms with Crippen molar-refractivity contribution in [3.05, 3.63) is 131 Å². The van der Waals surface area contributed by atoms with Gasteiger partial charge in [-0.3, -0.25) is 0 Å². The van der Waals surface area contributed by atoms with Gasteiger partial charge in [0.2, 0.25) is 0 Å². The second-order valence-electron chi connectivity index (χ2n) is 12.1. The van der Waals surface area contributed by atoms with Gasteiger partial charge in [0.05, 0.1) is 0 Å². The zero-order valence-electron chi connectivity index (χ0n) is 22.3. The molecule has 1 atom stereocenters. The van der Waals surface area contributed by atoms with Gasteiger partial charge in [0.25, 0.3) is 0 Å². The average molecular weight is 507 g/mol. The quantitative estimate of drug-likeness (QED) is 0.208. The molecular formula is C40H26. The van der Waals surface area contributed by atoms with Gasteiger partial charge in [-0.2, -0.15) is 0 Å². The van der Waals surface area contributed by atoms with E-state index >= 15 is 0 Å². The summed E-state index contributed by atoms with van der Waals surface area (Å²) in [7, 11) is 0. The molecule has 5 aliphatic rings. The van der Waals surface area contributed by atoms with Gasteiger partial charge in [0.15, 0.2) is 0 Å². The summed E-state index contributed by atoms with van der Waals surface area (Å²) in [6.07, 6.45) is 17.6. The highest BCUT2D eigenvalue weighted by Crippen LogP contribution is 2.53. The lowest BCUT2D eigenvalue weighted by Gasteiger charge is -2.23. The highest BCUT2D eigenvalue weighted by atomic mass is 14.3. The molecule has 0 spiro atoms. The van der Waals surface area contributed by atoms with Crippen LogP contribution in [0.2, 0.25) is 0 Å². The van der Waals surface area contributed by atoms with Crippen molar-refractivity contribution >= 4 is 32.7 Å². The molecule has 0 radical (unpaired) electrons. The average Bonchev–Trinajstić information content (AvgIpc) is 3.49. The summed E-state index contributed by atoms with van der Waals surface area (Å²) in [5.74, 6) is 0.488. The van der Waals surface area contributed by atoms with Crippen LogP contribution in [0.4, 0.5) is 0 Å². The van der Waals surface area contributed by atoms with Crippen LogP contribution >= 0.6 is 0 Å². The van der Waals surface area contributed by atoms with E-state index < -0.39 is 0 Å². The number of rotatable bonds is 1. The Morgan fingerprint density at radius 1 is 0.675 bits per heavy atom. The smallest absolute Gasteiger partial charge is 0.0412 e. The molecule has 0 bridgehead atoms. The van der Waals surface area contributed by atoms with Gasteiger partial charge in [-0.05, 0) is 121 Å². The van der Waals surface area contributed by atoms with Gasteiger partial charge >= 0.3 is 0 Å². The first-order valence-corrected chi connectivity index (χ1v) is 14.8. The Kier molecular flexibility index (Phi) is 4.00. The van der Waals surface area contributed by atoms with Crippen LogP contribution in [0.1, 0.15) is 41.5 Å². The summed E-state index contributed by atoms with van der Waals surface area (Å²) >= 11 is 0. The van der Waals surface area contributed by atoms with Crippen molar-refractivity contribution in [3.8, 4) is 33.4 Å². The van der Waals surface area contributed by atoms with Crippen LogP contribution in [0.25, 0.3) is 66.1 Å². The van der Waals surface area contributed by atoms with Crippen LogP contribution < -0.4 is 0 Å². The molecule has 5 aromatic rings. The number of hydrogen-bond donors (Lipinski definition) is 0. The molecule has 0 amide bonds. The van der Waals surface area contributed by atoms with Gasteiger partial charge in [0, 0.05) is 16.7 Å². The zero-order chi connectivity index (χ0) is 25.9. The number of fused-ring (bicyclic) bond motifs is 7. The second-order valence-corrected chi connectivity index (χ2v) is 12.1. The van der Waals surface area contributed by atoms with Crippen LogP contribution in [0.5, 0.6) is 0 Å². The third kappa shape index (κ3) is 2.63. The first kappa shape index (κ1) is 21.2. The van der Waals surface area contributed by atoms with E-state index in [1.807, 2.05) is 0 Å². The van der Waals surface area contributed by atoms with Crippen molar-refractivity contribution in [1.29, 1.82) is 0 Å². The molecule has 1 unspecified atom stereocenters. The highest BCUT2D eigenvalue weighted by molar-refractivity contribution is 6.23. The lowest BCUT2D eigenvalue weighted by atomic mass is 9.80. The minimum atomic E-state index is 0.488. The largest absolute Gasteiger partial charge is 0.0767 e. The second kappa shape index (κ2) is 7.53. The molecule has 0 heterocycles. The van der Waals surface area contributed by atoms with Crippen LogP contribution in [0.15, 0.2) is 96.6 Å². The molecule has 0 nitrogen and oxygen atoms in total. The Labute approximate surface area is 234 Å².